The Morgan fingerprint density at radius 3 is 2.65 bits per heavy atom. The highest BCUT2D eigenvalue weighted by Gasteiger charge is 2.41. The summed E-state index contributed by atoms with van der Waals surface area (Å²) < 4.78 is 45.0. The molecule has 0 amide bonds. The molecule has 0 bridgehead atoms. The van der Waals surface area contributed by atoms with Crippen LogP contribution in [0, 0.1) is 0 Å². The SMILES string of the molecule is FC(F)(F)c1ccn(CC2CCC3(CCCCC3)O2)n1. The molecule has 2 fully saturated rings. The molecule has 0 aromatic carbocycles. The Morgan fingerprint density at radius 2 is 2.00 bits per heavy atom. The van der Waals surface area contributed by atoms with Crippen LogP contribution in [0.25, 0.3) is 0 Å². The van der Waals surface area contributed by atoms with E-state index in [0.29, 0.717) is 6.54 Å². The summed E-state index contributed by atoms with van der Waals surface area (Å²) in [6, 6.07) is 1.02. The molecule has 1 saturated heterocycles. The lowest BCUT2D eigenvalue weighted by Crippen LogP contribution is -2.32. The lowest BCUT2D eigenvalue weighted by Gasteiger charge is -2.33. The van der Waals surface area contributed by atoms with Gasteiger partial charge in [0.15, 0.2) is 5.69 Å². The van der Waals surface area contributed by atoms with Crippen molar-refractivity contribution in [2.24, 2.45) is 0 Å². The van der Waals surface area contributed by atoms with Crippen LogP contribution in [0.4, 0.5) is 13.2 Å². The van der Waals surface area contributed by atoms with Gasteiger partial charge in [-0.3, -0.25) is 4.68 Å². The fourth-order valence-electron chi connectivity index (χ4n) is 3.41. The monoisotopic (exact) mass is 288 g/mol. The molecular weight excluding hydrogens is 269 g/mol. The first-order valence-corrected chi connectivity index (χ1v) is 7.25. The van der Waals surface area contributed by atoms with Crippen LogP contribution in [0.15, 0.2) is 12.3 Å². The second-order valence-corrected chi connectivity index (χ2v) is 5.94. The fraction of sp³-hybridized carbons (Fsp3) is 0.786. The third-order valence-electron chi connectivity index (χ3n) is 4.43. The summed E-state index contributed by atoms with van der Waals surface area (Å²) in [5, 5.41) is 3.59. The molecule has 2 heterocycles. The van der Waals surface area contributed by atoms with Crippen LogP contribution < -0.4 is 0 Å². The van der Waals surface area contributed by atoms with Crippen molar-refractivity contribution >= 4 is 0 Å². The van der Waals surface area contributed by atoms with Crippen LogP contribution in [0.5, 0.6) is 0 Å². The molecule has 0 N–H and O–H groups in total. The van der Waals surface area contributed by atoms with Gasteiger partial charge < -0.3 is 4.74 Å². The Labute approximate surface area is 116 Å². The molecular formula is C14H19F3N2O. The number of ether oxygens (including phenoxy) is 1. The van der Waals surface area contributed by atoms with E-state index in [1.54, 1.807) is 0 Å². The number of aromatic nitrogens is 2. The Morgan fingerprint density at radius 1 is 1.25 bits per heavy atom. The van der Waals surface area contributed by atoms with E-state index in [1.807, 2.05) is 0 Å². The highest BCUT2D eigenvalue weighted by molar-refractivity contribution is 5.03. The van der Waals surface area contributed by atoms with Crippen LogP contribution in [0.1, 0.15) is 50.6 Å². The molecule has 1 aliphatic carbocycles. The molecule has 1 saturated carbocycles. The summed E-state index contributed by atoms with van der Waals surface area (Å²) in [5.41, 5.74) is -0.828. The van der Waals surface area contributed by atoms with Gasteiger partial charge in [-0.05, 0) is 31.7 Å². The summed E-state index contributed by atoms with van der Waals surface area (Å²) in [6.45, 7) is 0.415. The topological polar surface area (TPSA) is 27.1 Å². The van der Waals surface area contributed by atoms with E-state index >= 15 is 0 Å². The minimum Gasteiger partial charge on any atom is -0.370 e. The predicted molar refractivity (Wildman–Crippen MR) is 67.2 cm³/mol. The minimum atomic E-state index is -4.37. The first kappa shape index (κ1) is 13.9. The first-order valence-electron chi connectivity index (χ1n) is 7.25. The average Bonchev–Trinajstić information content (AvgIpc) is 2.99. The van der Waals surface area contributed by atoms with E-state index in [9.17, 15) is 13.2 Å². The summed E-state index contributed by atoms with van der Waals surface area (Å²) in [5.74, 6) is 0. The number of alkyl halides is 3. The third-order valence-corrected chi connectivity index (χ3v) is 4.43. The molecule has 3 nitrogen and oxygen atoms in total. The fourth-order valence-corrected chi connectivity index (χ4v) is 3.41. The third kappa shape index (κ3) is 2.85. The smallest absolute Gasteiger partial charge is 0.370 e. The molecule has 112 valence electrons. The Bertz CT molecular complexity index is 463. The zero-order valence-corrected chi connectivity index (χ0v) is 11.3. The molecule has 1 aliphatic heterocycles. The van der Waals surface area contributed by atoms with Gasteiger partial charge in [0, 0.05) is 6.20 Å². The quantitative estimate of drug-likeness (QED) is 0.828. The van der Waals surface area contributed by atoms with Crippen molar-refractivity contribution in [3.63, 3.8) is 0 Å². The minimum absolute atomic E-state index is 0.00290. The van der Waals surface area contributed by atoms with Crippen molar-refractivity contribution in [1.82, 2.24) is 9.78 Å². The van der Waals surface area contributed by atoms with E-state index < -0.39 is 11.9 Å². The van der Waals surface area contributed by atoms with Crippen molar-refractivity contribution in [1.29, 1.82) is 0 Å². The van der Waals surface area contributed by atoms with Crippen LogP contribution in [0.2, 0.25) is 0 Å². The second-order valence-electron chi connectivity index (χ2n) is 5.94. The highest BCUT2D eigenvalue weighted by Crippen LogP contribution is 2.42. The average molecular weight is 288 g/mol. The summed E-state index contributed by atoms with van der Waals surface area (Å²) in [4.78, 5) is 0. The zero-order valence-electron chi connectivity index (χ0n) is 11.3. The maximum Gasteiger partial charge on any atom is 0.435 e. The number of halogens is 3. The van der Waals surface area contributed by atoms with Gasteiger partial charge in [0.25, 0.3) is 0 Å². The van der Waals surface area contributed by atoms with E-state index in [-0.39, 0.29) is 11.7 Å². The number of hydrogen-bond acceptors (Lipinski definition) is 2. The lowest BCUT2D eigenvalue weighted by atomic mass is 9.83. The number of rotatable bonds is 2. The van der Waals surface area contributed by atoms with Gasteiger partial charge in [-0.1, -0.05) is 19.3 Å². The molecule has 1 atom stereocenters. The molecule has 3 rings (SSSR count). The van der Waals surface area contributed by atoms with Gasteiger partial charge >= 0.3 is 6.18 Å². The Kier molecular flexibility index (Phi) is 3.52. The number of nitrogens with zero attached hydrogens (tertiary/aromatic N) is 2. The molecule has 1 unspecified atom stereocenters. The molecule has 1 aromatic heterocycles. The lowest BCUT2D eigenvalue weighted by molar-refractivity contribution is -0.141. The summed E-state index contributed by atoms with van der Waals surface area (Å²) >= 11 is 0. The van der Waals surface area contributed by atoms with Gasteiger partial charge in [0.05, 0.1) is 18.2 Å². The molecule has 20 heavy (non-hydrogen) atoms. The highest BCUT2D eigenvalue weighted by atomic mass is 19.4. The molecule has 1 aromatic rings. The van der Waals surface area contributed by atoms with Gasteiger partial charge in [-0.15, -0.1) is 0 Å². The second kappa shape index (κ2) is 5.06. The van der Waals surface area contributed by atoms with Crippen molar-refractivity contribution in [3.8, 4) is 0 Å². The molecule has 6 heteroatoms. The van der Waals surface area contributed by atoms with Gasteiger partial charge in [0.2, 0.25) is 0 Å². The van der Waals surface area contributed by atoms with Crippen LogP contribution >= 0.6 is 0 Å². The van der Waals surface area contributed by atoms with Crippen molar-refractivity contribution in [3.05, 3.63) is 18.0 Å². The summed E-state index contributed by atoms with van der Waals surface area (Å²) in [7, 11) is 0. The molecule has 1 spiro atoms. The molecule has 2 aliphatic rings. The first-order chi connectivity index (χ1) is 9.47. The van der Waals surface area contributed by atoms with E-state index in [1.165, 1.54) is 30.1 Å². The number of hydrogen-bond donors (Lipinski definition) is 0. The van der Waals surface area contributed by atoms with E-state index in [4.69, 9.17) is 4.74 Å². The Hall–Kier alpha value is -1.04. The standard InChI is InChI=1S/C14H19F3N2O/c15-14(16,17)12-5-9-19(18-12)10-11-4-8-13(20-11)6-2-1-3-7-13/h5,9,11H,1-4,6-8,10H2. The van der Waals surface area contributed by atoms with E-state index in [2.05, 4.69) is 5.10 Å². The van der Waals surface area contributed by atoms with Crippen LogP contribution in [-0.4, -0.2) is 21.5 Å². The van der Waals surface area contributed by atoms with Crippen LogP contribution in [-0.2, 0) is 17.5 Å². The normalized spacial score (nSPS) is 26.2. The maximum atomic E-state index is 12.5. The van der Waals surface area contributed by atoms with Gasteiger partial charge in [0.1, 0.15) is 0 Å². The maximum absolute atomic E-state index is 12.5. The zero-order chi connectivity index (χ0) is 14.2. The summed E-state index contributed by atoms with van der Waals surface area (Å²) in [6.07, 6.45) is 4.82. The Balaban J connectivity index is 1.60. The largest absolute Gasteiger partial charge is 0.435 e. The van der Waals surface area contributed by atoms with Crippen molar-refractivity contribution < 1.29 is 17.9 Å². The van der Waals surface area contributed by atoms with Crippen molar-refractivity contribution in [2.45, 2.75) is 69.4 Å². The predicted octanol–water partition coefficient (Wildman–Crippen LogP) is 3.78. The van der Waals surface area contributed by atoms with Gasteiger partial charge in [-0.25, -0.2) is 0 Å². The van der Waals surface area contributed by atoms with E-state index in [0.717, 1.165) is 31.7 Å². The van der Waals surface area contributed by atoms with Gasteiger partial charge in [-0.2, -0.15) is 18.3 Å². The van der Waals surface area contributed by atoms with Crippen LogP contribution in [0.3, 0.4) is 0 Å². The van der Waals surface area contributed by atoms with Crippen molar-refractivity contribution in [2.75, 3.05) is 0 Å². The molecule has 0 radical (unpaired) electrons.